The van der Waals surface area contributed by atoms with Gasteiger partial charge < -0.3 is 10.0 Å². The van der Waals surface area contributed by atoms with Crippen molar-refractivity contribution in [3.8, 4) is 0 Å². The number of carboxylic acid groups (broad SMARTS) is 1. The molecule has 0 fully saturated rings. The summed E-state index contributed by atoms with van der Waals surface area (Å²) in [6, 6.07) is 8.52. The number of nitrogens with zero attached hydrogens (tertiary/aromatic N) is 2. The number of carboxylic acids is 1. The number of para-hydroxylation sites is 1. The van der Waals surface area contributed by atoms with Gasteiger partial charge in [0, 0.05) is 31.9 Å². The van der Waals surface area contributed by atoms with Gasteiger partial charge in [0.25, 0.3) is 0 Å². The van der Waals surface area contributed by atoms with E-state index in [1.165, 1.54) is 11.3 Å². The molecule has 1 heterocycles. The Bertz CT molecular complexity index is 434. The standard InChI is InChI=1S/C14H20N2O2/c1-3-12-9-15(2)13-7-5-4-6-11(13)8-16(12)10-14(17)18/h4-7,12H,3,8-10H2,1-2H3,(H,17,18)/t12-/m0/s1. The number of fused-ring (bicyclic) bond motifs is 1. The molecule has 1 N–H and O–H groups in total. The van der Waals surface area contributed by atoms with Gasteiger partial charge in [0.15, 0.2) is 0 Å². The van der Waals surface area contributed by atoms with Gasteiger partial charge >= 0.3 is 5.97 Å². The molecule has 1 atom stereocenters. The highest BCUT2D eigenvalue weighted by atomic mass is 16.4. The molecule has 2 rings (SSSR count). The molecule has 0 aliphatic carbocycles. The summed E-state index contributed by atoms with van der Waals surface area (Å²) < 4.78 is 0. The van der Waals surface area contributed by atoms with Crippen molar-refractivity contribution in [2.75, 3.05) is 25.0 Å². The van der Waals surface area contributed by atoms with Gasteiger partial charge in [-0.15, -0.1) is 0 Å². The third-order valence-electron chi connectivity index (χ3n) is 3.59. The van der Waals surface area contributed by atoms with E-state index in [4.69, 9.17) is 5.11 Å². The van der Waals surface area contributed by atoms with Crippen molar-refractivity contribution in [2.45, 2.75) is 25.9 Å². The summed E-state index contributed by atoms with van der Waals surface area (Å²) in [6.45, 7) is 3.82. The molecule has 1 aromatic rings. The first-order valence-corrected chi connectivity index (χ1v) is 6.36. The molecule has 0 amide bonds. The van der Waals surface area contributed by atoms with Gasteiger partial charge in [-0.2, -0.15) is 0 Å². The highest BCUT2D eigenvalue weighted by molar-refractivity contribution is 5.69. The molecule has 18 heavy (non-hydrogen) atoms. The molecule has 4 nitrogen and oxygen atoms in total. The van der Waals surface area contributed by atoms with Gasteiger partial charge in [-0.3, -0.25) is 9.69 Å². The van der Waals surface area contributed by atoms with E-state index in [0.717, 1.165) is 13.0 Å². The third-order valence-corrected chi connectivity index (χ3v) is 3.59. The van der Waals surface area contributed by atoms with Crippen molar-refractivity contribution in [3.05, 3.63) is 29.8 Å². The summed E-state index contributed by atoms with van der Waals surface area (Å²) in [5.41, 5.74) is 2.42. The largest absolute Gasteiger partial charge is 0.480 e. The molecular weight excluding hydrogens is 228 g/mol. The minimum atomic E-state index is -0.754. The van der Waals surface area contributed by atoms with Crippen molar-refractivity contribution in [1.29, 1.82) is 0 Å². The molecule has 0 saturated heterocycles. The summed E-state index contributed by atoms with van der Waals surface area (Å²) in [4.78, 5) is 15.3. The lowest BCUT2D eigenvalue weighted by molar-refractivity contribution is -0.139. The van der Waals surface area contributed by atoms with Crippen molar-refractivity contribution in [1.82, 2.24) is 4.90 Å². The van der Waals surface area contributed by atoms with Gasteiger partial charge in [0.2, 0.25) is 0 Å². The van der Waals surface area contributed by atoms with Crippen LogP contribution in [0.1, 0.15) is 18.9 Å². The molecule has 4 heteroatoms. The molecule has 1 aliphatic rings. The molecule has 0 spiro atoms. The molecule has 0 radical (unpaired) electrons. The summed E-state index contributed by atoms with van der Waals surface area (Å²) in [6.07, 6.45) is 0.964. The van der Waals surface area contributed by atoms with E-state index in [-0.39, 0.29) is 6.54 Å². The summed E-state index contributed by atoms with van der Waals surface area (Å²) >= 11 is 0. The predicted molar refractivity (Wildman–Crippen MR) is 71.8 cm³/mol. The first kappa shape index (κ1) is 12.9. The average molecular weight is 248 g/mol. The fourth-order valence-electron chi connectivity index (χ4n) is 2.64. The van der Waals surface area contributed by atoms with Crippen LogP contribution in [0.3, 0.4) is 0 Å². The van der Waals surface area contributed by atoms with E-state index in [1.54, 1.807) is 0 Å². The fraction of sp³-hybridized carbons (Fsp3) is 0.500. The van der Waals surface area contributed by atoms with Crippen LogP contribution in [0.2, 0.25) is 0 Å². The molecule has 0 unspecified atom stereocenters. The van der Waals surface area contributed by atoms with Gasteiger partial charge in [0.05, 0.1) is 6.54 Å². The van der Waals surface area contributed by atoms with Crippen LogP contribution in [0.25, 0.3) is 0 Å². The van der Waals surface area contributed by atoms with Crippen molar-refractivity contribution in [3.63, 3.8) is 0 Å². The van der Waals surface area contributed by atoms with Crippen LogP contribution in [0.15, 0.2) is 24.3 Å². The van der Waals surface area contributed by atoms with Gasteiger partial charge in [-0.25, -0.2) is 0 Å². The van der Waals surface area contributed by atoms with Crippen molar-refractivity contribution >= 4 is 11.7 Å². The maximum absolute atomic E-state index is 11.0. The van der Waals surface area contributed by atoms with Crippen LogP contribution < -0.4 is 4.90 Å². The molecule has 1 aliphatic heterocycles. The Hall–Kier alpha value is -1.55. The Morgan fingerprint density at radius 3 is 2.83 bits per heavy atom. The molecular formula is C14H20N2O2. The lowest BCUT2D eigenvalue weighted by Crippen LogP contribution is -2.42. The monoisotopic (exact) mass is 248 g/mol. The Morgan fingerprint density at radius 2 is 2.17 bits per heavy atom. The first-order chi connectivity index (χ1) is 8.61. The second-order valence-corrected chi connectivity index (χ2v) is 4.87. The Morgan fingerprint density at radius 1 is 1.44 bits per heavy atom. The summed E-state index contributed by atoms with van der Waals surface area (Å²) in [7, 11) is 2.08. The molecule has 98 valence electrons. The Balaban J connectivity index is 2.30. The highest BCUT2D eigenvalue weighted by Crippen LogP contribution is 2.26. The van der Waals surface area contributed by atoms with Crippen LogP contribution in [0.5, 0.6) is 0 Å². The average Bonchev–Trinajstić information content (AvgIpc) is 2.47. The van der Waals surface area contributed by atoms with E-state index in [0.29, 0.717) is 12.6 Å². The highest BCUT2D eigenvalue weighted by Gasteiger charge is 2.26. The zero-order valence-corrected chi connectivity index (χ0v) is 11.0. The lowest BCUT2D eigenvalue weighted by Gasteiger charge is -2.29. The number of likely N-dealkylation sites (N-methyl/N-ethyl adjacent to an activating group) is 1. The second kappa shape index (κ2) is 5.40. The van der Waals surface area contributed by atoms with E-state index in [1.807, 2.05) is 12.1 Å². The maximum atomic E-state index is 11.0. The van der Waals surface area contributed by atoms with Gasteiger partial charge in [0.1, 0.15) is 0 Å². The normalized spacial score (nSPS) is 20.3. The minimum absolute atomic E-state index is 0.112. The van der Waals surface area contributed by atoms with Gasteiger partial charge in [-0.05, 0) is 18.1 Å². The Kier molecular flexibility index (Phi) is 3.87. The van der Waals surface area contributed by atoms with Crippen LogP contribution in [-0.2, 0) is 11.3 Å². The van der Waals surface area contributed by atoms with E-state index < -0.39 is 5.97 Å². The summed E-state index contributed by atoms with van der Waals surface area (Å²) in [5, 5.41) is 9.03. The minimum Gasteiger partial charge on any atom is -0.480 e. The quantitative estimate of drug-likeness (QED) is 0.886. The van der Waals surface area contributed by atoms with E-state index in [2.05, 4.69) is 35.9 Å². The van der Waals surface area contributed by atoms with Crippen LogP contribution in [0.4, 0.5) is 5.69 Å². The second-order valence-electron chi connectivity index (χ2n) is 4.87. The zero-order chi connectivity index (χ0) is 13.1. The number of anilines is 1. The van der Waals surface area contributed by atoms with Crippen molar-refractivity contribution < 1.29 is 9.90 Å². The Labute approximate surface area is 108 Å². The van der Waals surface area contributed by atoms with Crippen LogP contribution >= 0.6 is 0 Å². The SMILES string of the molecule is CC[C@H]1CN(C)c2ccccc2CN1CC(=O)O. The lowest BCUT2D eigenvalue weighted by atomic mass is 10.1. The van der Waals surface area contributed by atoms with E-state index in [9.17, 15) is 4.79 Å². The fourth-order valence-corrected chi connectivity index (χ4v) is 2.64. The predicted octanol–water partition coefficient (Wildman–Crippen LogP) is 1.80. The summed E-state index contributed by atoms with van der Waals surface area (Å²) in [5.74, 6) is -0.754. The number of aliphatic carboxylic acids is 1. The number of carbonyl (C=O) groups is 1. The molecule has 0 bridgehead atoms. The molecule has 1 aromatic carbocycles. The number of hydrogen-bond donors (Lipinski definition) is 1. The smallest absolute Gasteiger partial charge is 0.317 e. The third kappa shape index (κ3) is 2.64. The van der Waals surface area contributed by atoms with Crippen LogP contribution in [-0.4, -0.2) is 42.2 Å². The first-order valence-electron chi connectivity index (χ1n) is 6.36. The topological polar surface area (TPSA) is 43.8 Å². The zero-order valence-electron chi connectivity index (χ0n) is 11.0. The number of hydrogen-bond acceptors (Lipinski definition) is 3. The molecule has 0 saturated carbocycles. The van der Waals surface area contributed by atoms with Crippen LogP contribution in [0, 0.1) is 0 Å². The maximum Gasteiger partial charge on any atom is 0.317 e. The number of rotatable bonds is 3. The number of benzene rings is 1. The van der Waals surface area contributed by atoms with Gasteiger partial charge in [-0.1, -0.05) is 25.1 Å². The molecule has 0 aromatic heterocycles. The van der Waals surface area contributed by atoms with Crippen molar-refractivity contribution in [2.24, 2.45) is 0 Å². The van der Waals surface area contributed by atoms with E-state index >= 15 is 0 Å².